The highest BCUT2D eigenvalue weighted by Gasteiger charge is 2.37. The van der Waals surface area contributed by atoms with Crippen molar-refractivity contribution in [1.29, 1.82) is 0 Å². The lowest BCUT2D eigenvalue weighted by Gasteiger charge is -2.19. The van der Waals surface area contributed by atoms with Crippen molar-refractivity contribution < 1.29 is 14.8 Å². The molecular weight excluding hydrogens is 204 g/mol. The molecular formula is C7H10N4O4. The van der Waals surface area contributed by atoms with Crippen molar-refractivity contribution in [3.05, 3.63) is 16.4 Å². The molecule has 0 saturated heterocycles. The summed E-state index contributed by atoms with van der Waals surface area (Å²) >= 11 is 0. The minimum atomic E-state index is -1.30. The molecule has 0 bridgehead atoms. The number of carboxylic acid groups (broad SMARTS) is 1. The van der Waals surface area contributed by atoms with Gasteiger partial charge < -0.3 is 15.2 Å². The molecule has 0 aliphatic carbocycles. The van der Waals surface area contributed by atoms with E-state index in [1.807, 2.05) is 0 Å². The molecule has 0 fully saturated rings. The molecule has 8 heteroatoms. The smallest absolute Gasteiger partial charge is 0.479 e. The predicted molar refractivity (Wildman–Crippen MR) is 48.3 cm³/mol. The Bertz CT molecular complexity index is 401. The molecule has 8 nitrogen and oxygen atoms in total. The van der Waals surface area contributed by atoms with Crippen LogP contribution < -0.4 is 0 Å². The van der Waals surface area contributed by atoms with Gasteiger partial charge in [0.25, 0.3) is 0 Å². The Kier molecular flexibility index (Phi) is 2.69. The number of aliphatic carboxylic acids is 1. The minimum Gasteiger partial charge on any atom is -0.479 e. The topological polar surface area (TPSA) is 111 Å². The van der Waals surface area contributed by atoms with Crippen molar-refractivity contribution in [2.75, 3.05) is 0 Å². The number of hydrogen-bond acceptors (Lipinski definition) is 5. The number of aromatic nitrogens is 3. The van der Waals surface area contributed by atoms with Crippen LogP contribution >= 0.6 is 0 Å². The molecule has 0 spiro atoms. The number of nitro groups is 1. The van der Waals surface area contributed by atoms with Gasteiger partial charge in [0.2, 0.25) is 6.33 Å². The van der Waals surface area contributed by atoms with E-state index in [1.165, 1.54) is 6.92 Å². The molecule has 82 valence electrons. The van der Waals surface area contributed by atoms with E-state index in [2.05, 4.69) is 10.1 Å². The van der Waals surface area contributed by atoms with Crippen molar-refractivity contribution in [2.24, 2.45) is 0 Å². The van der Waals surface area contributed by atoms with Crippen LogP contribution in [0.1, 0.15) is 20.3 Å². The molecule has 0 saturated carbocycles. The van der Waals surface area contributed by atoms with Gasteiger partial charge >= 0.3 is 11.9 Å². The second-order valence-corrected chi connectivity index (χ2v) is 3.18. The van der Waals surface area contributed by atoms with E-state index in [0.29, 0.717) is 0 Å². The summed E-state index contributed by atoms with van der Waals surface area (Å²) in [5.41, 5.74) is -1.30. The first-order valence-corrected chi connectivity index (χ1v) is 4.21. The van der Waals surface area contributed by atoms with Crippen LogP contribution in [0.15, 0.2) is 6.33 Å². The lowest BCUT2D eigenvalue weighted by molar-refractivity contribution is -0.394. The molecule has 1 rings (SSSR count). The SMILES string of the molecule is CCC(C)(C(=O)O)n1cnc([N+](=O)[O-])n1. The maximum Gasteiger partial charge on any atom is 0.490 e. The fourth-order valence-corrected chi connectivity index (χ4v) is 0.987. The third-order valence-electron chi connectivity index (χ3n) is 2.30. The van der Waals surface area contributed by atoms with Gasteiger partial charge in [-0.2, -0.15) is 4.68 Å². The number of nitrogens with zero attached hydrogens (tertiary/aromatic N) is 4. The van der Waals surface area contributed by atoms with Gasteiger partial charge in [-0.1, -0.05) is 11.9 Å². The van der Waals surface area contributed by atoms with E-state index in [9.17, 15) is 14.9 Å². The molecule has 15 heavy (non-hydrogen) atoms. The fraction of sp³-hybridized carbons (Fsp3) is 0.571. The van der Waals surface area contributed by atoms with Crippen LogP contribution in [-0.2, 0) is 10.3 Å². The Balaban J connectivity index is 3.14. The quantitative estimate of drug-likeness (QED) is 0.573. The molecule has 0 aliphatic rings. The third kappa shape index (κ3) is 1.78. The number of carbonyl (C=O) groups is 1. The highest BCUT2D eigenvalue weighted by Crippen LogP contribution is 2.20. The van der Waals surface area contributed by atoms with Gasteiger partial charge in [-0.05, 0) is 18.3 Å². The maximum absolute atomic E-state index is 11.0. The monoisotopic (exact) mass is 214 g/mol. The highest BCUT2D eigenvalue weighted by molar-refractivity contribution is 5.75. The van der Waals surface area contributed by atoms with E-state index in [0.717, 1.165) is 11.0 Å². The Morgan fingerprint density at radius 1 is 1.80 bits per heavy atom. The Morgan fingerprint density at radius 2 is 2.40 bits per heavy atom. The second kappa shape index (κ2) is 3.64. The Hall–Kier alpha value is -1.99. The van der Waals surface area contributed by atoms with Crippen LogP contribution in [-0.4, -0.2) is 30.8 Å². The molecule has 0 radical (unpaired) electrons. The maximum atomic E-state index is 11.0. The van der Waals surface area contributed by atoms with E-state index >= 15 is 0 Å². The molecule has 1 N–H and O–H groups in total. The summed E-state index contributed by atoms with van der Waals surface area (Å²) in [6.45, 7) is 3.08. The standard InChI is InChI=1S/C7H10N4O4/c1-3-7(2,5(12)13)10-4-8-6(9-10)11(14)15/h4H,3H2,1-2H3,(H,12,13). The molecule has 1 unspecified atom stereocenters. The molecule has 1 aromatic rings. The van der Waals surface area contributed by atoms with Gasteiger partial charge in [0.05, 0.1) is 0 Å². The van der Waals surface area contributed by atoms with Crippen LogP contribution in [0.2, 0.25) is 0 Å². The molecule has 1 atom stereocenters. The lowest BCUT2D eigenvalue weighted by Crippen LogP contribution is -2.38. The number of carboxylic acids is 1. The first-order chi connectivity index (χ1) is 6.91. The summed E-state index contributed by atoms with van der Waals surface area (Å²) in [6.07, 6.45) is 1.30. The zero-order valence-electron chi connectivity index (χ0n) is 8.25. The minimum absolute atomic E-state index is 0.253. The average molecular weight is 214 g/mol. The van der Waals surface area contributed by atoms with Crippen molar-refractivity contribution in [1.82, 2.24) is 14.8 Å². The first kappa shape index (κ1) is 11.1. The number of hydrogen-bond donors (Lipinski definition) is 1. The Labute approximate surface area is 84.7 Å². The molecule has 0 amide bonds. The van der Waals surface area contributed by atoms with Crippen molar-refractivity contribution >= 4 is 11.9 Å². The van der Waals surface area contributed by atoms with Crippen LogP contribution in [0.4, 0.5) is 5.95 Å². The van der Waals surface area contributed by atoms with Gasteiger partial charge in [-0.3, -0.25) is 0 Å². The van der Waals surface area contributed by atoms with E-state index < -0.39 is 22.4 Å². The lowest BCUT2D eigenvalue weighted by atomic mass is 10.00. The van der Waals surface area contributed by atoms with Crippen LogP contribution in [0.3, 0.4) is 0 Å². The fourth-order valence-electron chi connectivity index (χ4n) is 0.987. The van der Waals surface area contributed by atoms with Gasteiger partial charge in [0.15, 0.2) is 5.54 Å². The zero-order valence-corrected chi connectivity index (χ0v) is 8.25. The summed E-state index contributed by atoms with van der Waals surface area (Å²) in [5.74, 6) is -1.71. The molecule has 1 aromatic heterocycles. The van der Waals surface area contributed by atoms with E-state index in [1.54, 1.807) is 6.92 Å². The Morgan fingerprint density at radius 3 is 2.73 bits per heavy atom. The van der Waals surface area contributed by atoms with E-state index in [-0.39, 0.29) is 6.42 Å². The van der Waals surface area contributed by atoms with Gasteiger partial charge in [0, 0.05) is 5.10 Å². The summed E-state index contributed by atoms with van der Waals surface area (Å²) in [6, 6.07) is 0. The molecule has 0 aromatic carbocycles. The van der Waals surface area contributed by atoms with Crippen molar-refractivity contribution in [2.45, 2.75) is 25.8 Å². The van der Waals surface area contributed by atoms with Crippen LogP contribution in [0.5, 0.6) is 0 Å². The average Bonchev–Trinajstić information content (AvgIpc) is 2.65. The van der Waals surface area contributed by atoms with Crippen molar-refractivity contribution in [3.8, 4) is 0 Å². The van der Waals surface area contributed by atoms with Crippen LogP contribution in [0.25, 0.3) is 0 Å². The summed E-state index contributed by atoms with van der Waals surface area (Å²) in [7, 11) is 0. The molecule has 1 heterocycles. The predicted octanol–water partition coefficient (Wildman–Crippen LogP) is 0.396. The normalized spacial score (nSPS) is 14.5. The largest absolute Gasteiger partial charge is 0.490 e. The summed E-state index contributed by atoms with van der Waals surface area (Å²) in [5, 5.41) is 22.8. The highest BCUT2D eigenvalue weighted by atomic mass is 16.6. The zero-order chi connectivity index (χ0) is 11.6. The van der Waals surface area contributed by atoms with Crippen molar-refractivity contribution in [3.63, 3.8) is 0 Å². The van der Waals surface area contributed by atoms with Gasteiger partial charge in [-0.15, -0.1) is 0 Å². The van der Waals surface area contributed by atoms with Gasteiger partial charge in [0.1, 0.15) is 0 Å². The van der Waals surface area contributed by atoms with Crippen LogP contribution in [0, 0.1) is 10.1 Å². The van der Waals surface area contributed by atoms with E-state index in [4.69, 9.17) is 5.11 Å². The van der Waals surface area contributed by atoms with Gasteiger partial charge in [-0.25, -0.2) is 4.79 Å². The summed E-state index contributed by atoms with van der Waals surface area (Å²) in [4.78, 5) is 23.9. The second-order valence-electron chi connectivity index (χ2n) is 3.18. The summed E-state index contributed by atoms with van der Waals surface area (Å²) < 4.78 is 0.994. The third-order valence-corrected chi connectivity index (χ3v) is 2.30. The first-order valence-electron chi connectivity index (χ1n) is 4.21. The molecule has 0 aliphatic heterocycles. The number of rotatable bonds is 4.